The second-order valence-corrected chi connectivity index (χ2v) is 11.3. The molecule has 1 aromatic heterocycles. The van der Waals surface area contributed by atoms with Crippen LogP contribution in [0.1, 0.15) is 18.4 Å². The van der Waals surface area contributed by atoms with Crippen LogP contribution in [-0.2, 0) is 0 Å². The van der Waals surface area contributed by atoms with Gasteiger partial charge in [0.25, 0.3) is 5.92 Å². The van der Waals surface area contributed by atoms with E-state index in [1.54, 1.807) is 18.3 Å². The van der Waals surface area contributed by atoms with Crippen LogP contribution in [0.15, 0.2) is 42.6 Å². The van der Waals surface area contributed by atoms with E-state index in [1.165, 1.54) is 18.8 Å². The molecule has 1 unspecified atom stereocenters. The van der Waals surface area contributed by atoms with E-state index < -0.39 is 11.3 Å². The van der Waals surface area contributed by atoms with Crippen molar-refractivity contribution in [3.05, 3.63) is 48.2 Å². The molecule has 9 heteroatoms. The molecule has 0 radical (unpaired) electrons. The van der Waals surface area contributed by atoms with Gasteiger partial charge in [0, 0.05) is 74.1 Å². The second-order valence-electron chi connectivity index (χ2n) is 11.3. The fourth-order valence-corrected chi connectivity index (χ4v) is 6.52. The zero-order chi connectivity index (χ0) is 24.7. The molecule has 1 atom stereocenters. The quantitative estimate of drug-likeness (QED) is 0.591. The Bertz CT molecular complexity index is 1400. The van der Waals surface area contributed by atoms with Crippen molar-refractivity contribution in [3.63, 3.8) is 0 Å². The number of nitrogens with zero attached hydrogens (tertiary/aromatic N) is 6. The molecule has 3 aromatic rings. The van der Waals surface area contributed by atoms with E-state index in [-0.39, 0.29) is 13.0 Å². The van der Waals surface area contributed by atoms with Crippen LogP contribution < -0.4 is 15.1 Å². The summed E-state index contributed by atoms with van der Waals surface area (Å²) < 4.78 is 28.0. The van der Waals surface area contributed by atoms with Gasteiger partial charge in [-0.05, 0) is 49.9 Å². The molecule has 2 aromatic carbocycles. The summed E-state index contributed by atoms with van der Waals surface area (Å²) in [5, 5.41) is 13.5. The van der Waals surface area contributed by atoms with Gasteiger partial charge in [-0.1, -0.05) is 0 Å². The molecule has 36 heavy (non-hydrogen) atoms. The lowest BCUT2D eigenvalue weighted by molar-refractivity contribution is -0.00238. The van der Waals surface area contributed by atoms with Crippen LogP contribution in [0.3, 0.4) is 0 Å². The Morgan fingerprint density at radius 2 is 1.78 bits per heavy atom. The van der Waals surface area contributed by atoms with Gasteiger partial charge in [-0.15, -0.1) is 0 Å². The predicted octanol–water partition coefficient (Wildman–Crippen LogP) is 4.23. The number of hydrogen-bond acceptors (Lipinski definition) is 7. The Morgan fingerprint density at radius 3 is 2.42 bits per heavy atom. The van der Waals surface area contributed by atoms with Gasteiger partial charge in [-0.25, -0.2) is 18.7 Å². The third kappa shape index (κ3) is 3.31. The molecule has 0 bridgehead atoms. The standard InChI is InChI=1S/C27H27F2N7/c1-34-13-25(14-34)15-36(16-25)21-4-2-20(3-5-21)32-24-31-11-19-8-18(10-30)9-22(23(19)33-24)35-7-6-26(17-35)12-27(26,28)29/h2-5,8-9,11H,6-7,12-17H2,1H3,(H,31,32,33). The average Bonchev–Trinajstić information content (AvgIpc) is 3.12. The molecule has 0 amide bonds. The van der Waals surface area contributed by atoms with Crippen molar-refractivity contribution >= 4 is 33.9 Å². The minimum absolute atomic E-state index is 0.0559. The first kappa shape index (κ1) is 21.7. The SMILES string of the molecule is CN1CC2(C1)CN(c1ccc(Nc3ncc4cc(C#N)cc(N5CCC6(C5)CC6(F)F)c4n3)cc1)C2. The van der Waals surface area contributed by atoms with Crippen molar-refractivity contribution in [2.75, 3.05) is 61.4 Å². The van der Waals surface area contributed by atoms with E-state index in [0.717, 1.165) is 29.9 Å². The number of halogens is 2. The third-order valence-electron chi connectivity index (χ3n) is 8.45. The summed E-state index contributed by atoms with van der Waals surface area (Å²) in [5.74, 6) is -2.16. The highest BCUT2D eigenvalue weighted by atomic mass is 19.3. The molecule has 1 N–H and O–H groups in total. The van der Waals surface area contributed by atoms with Crippen LogP contribution in [0, 0.1) is 22.2 Å². The van der Waals surface area contributed by atoms with Gasteiger partial charge in [-0.3, -0.25) is 0 Å². The molecular formula is C27H27F2N7. The lowest BCUT2D eigenvalue weighted by atomic mass is 9.73. The fourth-order valence-electron chi connectivity index (χ4n) is 6.52. The molecule has 2 spiro atoms. The minimum Gasteiger partial charge on any atom is -0.370 e. The number of nitrogens with one attached hydrogen (secondary N) is 1. The number of rotatable bonds is 4. The summed E-state index contributed by atoms with van der Waals surface area (Å²) >= 11 is 0. The molecular weight excluding hydrogens is 460 g/mol. The Labute approximate surface area is 208 Å². The smallest absolute Gasteiger partial charge is 0.256 e. The summed E-state index contributed by atoms with van der Waals surface area (Å²) in [7, 11) is 2.17. The largest absolute Gasteiger partial charge is 0.370 e. The lowest BCUT2D eigenvalue weighted by Crippen LogP contribution is -2.71. The van der Waals surface area contributed by atoms with E-state index in [9.17, 15) is 14.0 Å². The van der Waals surface area contributed by atoms with Gasteiger partial charge in [0.15, 0.2) is 0 Å². The number of benzene rings is 2. The number of likely N-dealkylation sites (tertiary alicyclic amines) is 1. The summed E-state index contributed by atoms with van der Waals surface area (Å²) in [4.78, 5) is 15.9. The van der Waals surface area contributed by atoms with E-state index in [4.69, 9.17) is 4.98 Å². The number of nitriles is 1. The zero-order valence-electron chi connectivity index (χ0n) is 20.1. The van der Waals surface area contributed by atoms with Crippen molar-refractivity contribution in [1.82, 2.24) is 14.9 Å². The van der Waals surface area contributed by atoms with Crippen molar-refractivity contribution < 1.29 is 8.78 Å². The molecule has 4 aliphatic rings. The monoisotopic (exact) mass is 487 g/mol. The van der Waals surface area contributed by atoms with E-state index in [0.29, 0.717) is 35.4 Å². The maximum atomic E-state index is 14.0. The molecule has 3 aliphatic heterocycles. The maximum absolute atomic E-state index is 14.0. The van der Waals surface area contributed by atoms with Crippen LogP contribution in [0.4, 0.5) is 31.8 Å². The molecule has 4 heterocycles. The van der Waals surface area contributed by atoms with Crippen LogP contribution in [0.5, 0.6) is 0 Å². The van der Waals surface area contributed by atoms with Crippen LogP contribution in [-0.4, -0.2) is 67.1 Å². The first-order valence-electron chi connectivity index (χ1n) is 12.4. The minimum atomic E-state index is -2.59. The summed E-state index contributed by atoms with van der Waals surface area (Å²) in [6.07, 6.45) is 2.09. The Morgan fingerprint density at radius 1 is 1.03 bits per heavy atom. The number of fused-ring (bicyclic) bond motifs is 1. The average molecular weight is 488 g/mol. The van der Waals surface area contributed by atoms with Crippen LogP contribution in [0.25, 0.3) is 10.9 Å². The fraction of sp³-hybridized carbons (Fsp3) is 0.444. The molecule has 3 saturated heterocycles. The molecule has 7 rings (SSSR count). The Balaban J connectivity index is 1.12. The molecule has 1 aliphatic carbocycles. The van der Waals surface area contributed by atoms with Gasteiger partial charge >= 0.3 is 0 Å². The third-order valence-corrected chi connectivity index (χ3v) is 8.45. The normalized spacial score (nSPS) is 25.6. The first-order valence-corrected chi connectivity index (χ1v) is 12.4. The highest BCUT2D eigenvalue weighted by Crippen LogP contribution is 2.65. The van der Waals surface area contributed by atoms with E-state index >= 15 is 0 Å². The Hall–Kier alpha value is -3.51. The van der Waals surface area contributed by atoms with Gasteiger partial charge < -0.3 is 20.0 Å². The van der Waals surface area contributed by atoms with Crippen molar-refractivity contribution in [2.24, 2.45) is 10.8 Å². The summed E-state index contributed by atoms with van der Waals surface area (Å²) in [6.45, 7) is 5.39. The summed E-state index contributed by atoms with van der Waals surface area (Å²) in [6, 6.07) is 14.0. The van der Waals surface area contributed by atoms with Crippen molar-refractivity contribution in [2.45, 2.75) is 18.8 Å². The number of hydrogen-bond donors (Lipinski definition) is 1. The number of anilines is 4. The van der Waals surface area contributed by atoms with E-state index in [2.05, 4.69) is 45.4 Å². The first-order chi connectivity index (χ1) is 17.3. The molecule has 4 fully saturated rings. The zero-order valence-corrected chi connectivity index (χ0v) is 20.1. The van der Waals surface area contributed by atoms with E-state index in [1.807, 2.05) is 17.0 Å². The molecule has 184 valence electrons. The van der Waals surface area contributed by atoms with Crippen LogP contribution >= 0.6 is 0 Å². The maximum Gasteiger partial charge on any atom is 0.256 e. The number of alkyl halides is 2. The molecule has 7 nitrogen and oxygen atoms in total. The Kier molecular flexibility index (Phi) is 4.39. The van der Waals surface area contributed by atoms with Gasteiger partial charge in [-0.2, -0.15) is 5.26 Å². The molecule has 1 saturated carbocycles. The highest BCUT2D eigenvalue weighted by molar-refractivity contribution is 5.93. The van der Waals surface area contributed by atoms with Gasteiger partial charge in [0.05, 0.1) is 28.3 Å². The second kappa shape index (κ2) is 7.26. The van der Waals surface area contributed by atoms with Crippen molar-refractivity contribution in [3.8, 4) is 6.07 Å². The van der Waals surface area contributed by atoms with Gasteiger partial charge in [0.2, 0.25) is 5.95 Å². The predicted molar refractivity (Wildman–Crippen MR) is 135 cm³/mol. The summed E-state index contributed by atoms with van der Waals surface area (Å²) in [5.41, 5.74) is 3.51. The van der Waals surface area contributed by atoms with Crippen LogP contribution in [0.2, 0.25) is 0 Å². The topological polar surface area (TPSA) is 71.3 Å². The van der Waals surface area contributed by atoms with Crippen molar-refractivity contribution in [1.29, 1.82) is 5.26 Å². The van der Waals surface area contributed by atoms with Gasteiger partial charge in [0.1, 0.15) is 0 Å². The lowest BCUT2D eigenvalue weighted by Gasteiger charge is -2.60. The highest BCUT2D eigenvalue weighted by Gasteiger charge is 2.72. The number of aromatic nitrogens is 2.